The van der Waals surface area contributed by atoms with Crippen LogP contribution in [0.2, 0.25) is 0 Å². The second-order valence-corrected chi connectivity index (χ2v) is 3.63. The zero-order valence-electron chi connectivity index (χ0n) is 10.9. The Morgan fingerprint density at radius 3 is 2.00 bits per heavy atom. The SMILES string of the molecule is COc1ccc(C(=O)C(F)(F)C(F)F)c(OC)c1OC. The topological polar surface area (TPSA) is 44.8 Å². The van der Waals surface area contributed by atoms with Crippen LogP contribution in [-0.2, 0) is 0 Å². The van der Waals surface area contributed by atoms with Gasteiger partial charge in [0.2, 0.25) is 11.5 Å². The van der Waals surface area contributed by atoms with Gasteiger partial charge >= 0.3 is 12.3 Å². The molecule has 0 bridgehead atoms. The first kappa shape index (κ1) is 16.1. The summed E-state index contributed by atoms with van der Waals surface area (Å²) in [5.74, 6) is -7.28. The molecule has 0 aliphatic carbocycles. The molecule has 0 amide bonds. The van der Waals surface area contributed by atoms with Crippen LogP contribution in [0.3, 0.4) is 0 Å². The number of carbonyl (C=O) groups is 1. The van der Waals surface area contributed by atoms with Crippen LogP contribution in [0.4, 0.5) is 17.6 Å². The molecule has 8 heteroatoms. The molecule has 0 saturated heterocycles. The highest BCUT2D eigenvalue weighted by Gasteiger charge is 2.50. The fourth-order valence-electron chi connectivity index (χ4n) is 1.56. The van der Waals surface area contributed by atoms with Crippen molar-refractivity contribution in [1.29, 1.82) is 0 Å². The van der Waals surface area contributed by atoms with Gasteiger partial charge in [0.05, 0.1) is 26.9 Å². The lowest BCUT2D eigenvalue weighted by Gasteiger charge is -2.18. The highest BCUT2D eigenvalue weighted by molar-refractivity contribution is 6.04. The van der Waals surface area contributed by atoms with E-state index in [1.807, 2.05) is 0 Å². The Kier molecular flexibility index (Phi) is 4.80. The molecule has 0 fully saturated rings. The van der Waals surface area contributed by atoms with Crippen molar-refractivity contribution < 1.29 is 36.6 Å². The van der Waals surface area contributed by atoms with E-state index < -0.39 is 29.4 Å². The van der Waals surface area contributed by atoms with Crippen LogP contribution >= 0.6 is 0 Å². The predicted molar refractivity (Wildman–Crippen MR) is 61.4 cm³/mol. The first-order valence-electron chi connectivity index (χ1n) is 5.31. The van der Waals surface area contributed by atoms with E-state index in [1.54, 1.807) is 0 Å². The molecule has 0 N–H and O–H groups in total. The molecular weight excluding hydrogens is 284 g/mol. The van der Waals surface area contributed by atoms with E-state index in [0.717, 1.165) is 19.2 Å². The van der Waals surface area contributed by atoms with E-state index in [9.17, 15) is 22.4 Å². The molecular formula is C12H12F4O4. The first-order chi connectivity index (χ1) is 9.31. The molecule has 0 heterocycles. The predicted octanol–water partition coefficient (Wildman–Crippen LogP) is 2.80. The van der Waals surface area contributed by atoms with Crippen LogP contribution in [0.5, 0.6) is 17.2 Å². The number of Topliss-reactive ketones (excluding diaryl/α,β-unsaturated/α-hetero) is 1. The quantitative estimate of drug-likeness (QED) is 0.598. The third-order valence-electron chi connectivity index (χ3n) is 2.53. The van der Waals surface area contributed by atoms with Gasteiger partial charge in [0, 0.05) is 0 Å². The molecule has 0 saturated carbocycles. The summed E-state index contributed by atoms with van der Waals surface area (Å²) in [4.78, 5) is 11.5. The van der Waals surface area contributed by atoms with Gasteiger partial charge in [0.1, 0.15) is 0 Å². The summed E-state index contributed by atoms with van der Waals surface area (Å²) in [5.41, 5.74) is -0.713. The highest BCUT2D eigenvalue weighted by Crippen LogP contribution is 2.42. The molecule has 0 aliphatic heterocycles. The molecule has 20 heavy (non-hydrogen) atoms. The van der Waals surface area contributed by atoms with Crippen molar-refractivity contribution in [3.8, 4) is 17.2 Å². The third kappa shape index (κ3) is 2.63. The van der Waals surface area contributed by atoms with Gasteiger partial charge in [-0.3, -0.25) is 4.79 Å². The zero-order chi connectivity index (χ0) is 15.5. The number of benzene rings is 1. The summed E-state index contributed by atoms with van der Waals surface area (Å²) >= 11 is 0. The van der Waals surface area contributed by atoms with Crippen LogP contribution in [0.1, 0.15) is 10.4 Å². The van der Waals surface area contributed by atoms with Gasteiger partial charge < -0.3 is 14.2 Å². The number of hydrogen-bond donors (Lipinski definition) is 0. The zero-order valence-corrected chi connectivity index (χ0v) is 10.9. The van der Waals surface area contributed by atoms with E-state index in [4.69, 9.17) is 14.2 Å². The number of halogens is 4. The molecule has 112 valence electrons. The molecule has 0 aromatic heterocycles. The highest BCUT2D eigenvalue weighted by atomic mass is 19.3. The Labute approximate surface area is 112 Å². The molecule has 4 nitrogen and oxygen atoms in total. The molecule has 0 radical (unpaired) electrons. The van der Waals surface area contributed by atoms with Gasteiger partial charge in [-0.1, -0.05) is 0 Å². The van der Waals surface area contributed by atoms with Gasteiger partial charge in [-0.25, -0.2) is 8.78 Å². The van der Waals surface area contributed by atoms with Gasteiger partial charge in [-0.2, -0.15) is 8.78 Å². The minimum Gasteiger partial charge on any atom is -0.493 e. The average Bonchev–Trinajstić information content (AvgIpc) is 2.44. The van der Waals surface area contributed by atoms with Crippen molar-refractivity contribution in [3.05, 3.63) is 17.7 Å². The van der Waals surface area contributed by atoms with Crippen molar-refractivity contribution in [2.75, 3.05) is 21.3 Å². The van der Waals surface area contributed by atoms with Crippen molar-refractivity contribution in [2.45, 2.75) is 12.3 Å². The Bertz CT molecular complexity index is 502. The maximum Gasteiger partial charge on any atom is 0.369 e. The van der Waals surface area contributed by atoms with Crippen molar-refractivity contribution in [2.24, 2.45) is 0 Å². The first-order valence-corrected chi connectivity index (χ1v) is 5.31. The summed E-state index contributed by atoms with van der Waals surface area (Å²) in [6.45, 7) is 0. The summed E-state index contributed by atoms with van der Waals surface area (Å²) in [7, 11) is 3.57. The Morgan fingerprint density at radius 2 is 1.60 bits per heavy atom. The smallest absolute Gasteiger partial charge is 0.369 e. The maximum atomic E-state index is 13.1. The number of ketones is 1. The number of rotatable bonds is 6. The molecule has 0 spiro atoms. The maximum absolute atomic E-state index is 13.1. The Morgan fingerprint density at radius 1 is 1.05 bits per heavy atom. The summed E-state index contributed by atoms with van der Waals surface area (Å²) < 4.78 is 65.3. The van der Waals surface area contributed by atoms with Crippen molar-refractivity contribution in [3.63, 3.8) is 0 Å². The van der Waals surface area contributed by atoms with Crippen LogP contribution in [0.15, 0.2) is 12.1 Å². The number of methoxy groups -OCH3 is 3. The summed E-state index contributed by atoms with van der Waals surface area (Å²) in [5, 5.41) is 0. The standard InChI is InChI=1S/C12H12F4O4/c1-18-7-5-4-6(8(19-2)9(7)20-3)10(17)12(15,16)11(13)14/h4-5,11H,1-3H3. The molecule has 1 rings (SSSR count). The second kappa shape index (κ2) is 5.98. The van der Waals surface area contributed by atoms with Crippen LogP contribution in [0.25, 0.3) is 0 Å². The number of alkyl halides is 4. The second-order valence-electron chi connectivity index (χ2n) is 3.63. The van der Waals surface area contributed by atoms with E-state index >= 15 is 0 Å². The Hall–Kier alpha value is -1.99. The van der Waals surface area contributed by atoms with Crippen LogP contribution in [-0.4, -0.2) is 39.5 Å². The largest absolute Gasteiger partial charge is 0.493 e. The van der Waals surface area contributed by atoms with Gasteiger partial charge in [0.15, 0.2) is 11.5 Å². The monoisotopic (exact) mass is 296 g/mol. The third-order valence-corrected chi connectivity index (χ3v) is 2.53. The van der Waals surface area contributed by atoms with Crippen molar-refractivity contribution in [1.82, 2.24) is 0 Å². The normalized spacial score (nSPS) is 11.4. The van der Waals surface area contributed by atoms with Crippen LogP contribution < -0.4 is 14.2 Å². The van der Waals surface area contributed by atoms with E-state index in [2.05, 4.69) is 0 Å². The van der Waals surface area contributed by atoms with Crippen LogP contribution in [0, 0.1) is 0 Å². The molecule has 1 aromatic carbocycles. The fourth-order valence-corrected chi connectivity index (χ4v) is 1.56. The fraction of sp³-hybridized carbons (Fsp3) is 0.417. The van der Waals surface area contributed by atoms with E-state index in [0.29, 0.717) is 0 Å². The molecule has 0 aliphatic rings. The lowest BCUT2D eigenvalue weighted by atomic mass is 10.0. The van der Waals surface area contributed by atoms with Gasteiger partial charge in [-0.05, 0) is 12.1 Å². The van der Waals surface area contributed by atoms with Gasteiger partial charge in [0.25, 0.3) is 0 Å². The van der Waals surface area contributed by atoms with Gasteiger partial charge in [-0.15, -0.1) is 0 Å². The molecule has 0 unspecified atom stereocenters. The average molecular weight is 296 g/mol. The summed E-state index contributed by atoms with van der Waals surface area (Å²) in [6, 6.07) is 2.06. The van der Waals surface area contributed by atoms with E-state index in [-0.39, 0.29) is 11.5 Å². The minimum atomic E-state index is -4.81. The van der Waals surface area contributed by atoms with E-state index in [1.165, 1.54) is 14.2 Å². The Balaban J connectivity index is 3.43. The summed E-state index contributed by atoms with van der Waals surface area (Å²) in [6.07, 6.45) is -4.12. The molecule has 0 atom stereocenters. The van der Waals surface area contributed by atoms with Crippen molar-refractivity contribution >= 4 is 5.78 Å². The number of hydrogen-bond acceptors (Lipinski definition) is 4. The molecule has 1 aromatic rings. The number of carbonyl (C=O) groups excluding carboxylic acids is 1. The minimum absolute atomic E-state index is 0.112. The number of ether oxygens (including phenoxy) is 3. The lowest BCUT2D eigenvalue weighted by molar-refractivity contribution is -0.0959. The lowest BCUT2D eigenvalue weighted by Crippen LogP contribution is -2.36.